The van der Waals surface area contributed by atoms with Crippen LogP contribution in [0.15, 0.2) is 22.7 Å². The van der Waals surface area contributed by atoms with Gasteiger partial charge < -0.3 is 11.1 Å². The zero-order valence-corrected chi connectivity index (χ0v) is 11.6. The average Bonchev–Trinajstić information content (AvgIpc) is 2.73. The van der Waals surface area contributed by atoms with Crippen molar-refractivity contribution in [2.45, 2.75) is 31.2 Å². The van der Waals surface area contributed by atoms with E-state index in [1.165, 1.54) is 0 Å². The van der Waals surface area contributed by atoms with Crippen LogP contribution in [0.5, 0.6) is 0 Å². The van der Waals surface area contributed by atoms with E-state index in [1.807, 2.05) is 12.1 Å². The molecule has 1 aliphatic rings. The molecule has 92 valence electrons. The number of carbonyl (C=O) groups is 1. The highest BCUT2D eigenvalue weighted by Gasteiger charge is 2.39. The predicted octanol–water partition coefficient (Wildman–Crippen LogP) is 3.31. The van der Waals surface area contributed by atoms with Gasteiger partial charge in [0.25, 0.3) is 0 Å². The molecule has 0 aromatic heterocycles. The average molecular weight is 318 g/mol. The molecule has 1 aromatic carbocycles. The molecule has 0 atom stereocenters. The molecule has 17 heavy (non-hydrogen) atoms. The van der Waals surface area contributed by atoms with E-state index < -0.39 is 5.54 Å². The molecule has 0 radical (unpaired) electrons. The van der Waals surface area contributed by atoms with Gasteiger partial charge in [-0.25, -0.2) is 0 Å². The van der Waals surface area contributed by atoms with E-state index in [0.717, 1.165) is 35.8 Å². The molecule has 0 aliphatic heterocycles. The Balaban J connectivity index is 2.23. The van der Waals surface area contributed by atoms with Gasteiger partial charge in [0.2, 0.25) is 5.91 Å². The fourth-order valence-electron chi connectivity index (χ4n) is 2.26. The summed E-state index contributed by atoms with van der Waals surface area (Å²) < 4.78 is 0.807. The van der Waals surface area contributed by atoms with Crippen LogP contribution in [-0.4, -0.2) is 11.4 Å². The number of hydrogen-bond donors (Lipinski definition) is 2. The standard InChI is InChI=1S/C12H14BrClN2O/c13-9-7-8(3-4-10(9)14)16-12(11(15)17)5-1-2-6-12/h3-4,7,16H,1-2,5-6H2,(H2,15,17). The van der Waals surface area contributed by atoms with Crippen molar-refractivity contribution in [3.63, 3.8) is 0 Å². The number of anilines is 1. The first-order valence-corrected chi connectivity index (χ1v) is 6.74. The van der Waals surface area contributed by atoms with Crippen LogP contribution in [0.2, 0.25) is 5.02 Å². The van der Waals surface area contributed by atoms with E-state index in [1.54, 1.807) is 6.07 Å². The number of rotatable bonds is 3. The molecule has 1 amide bonds. The smallest absolute Gasteiger partial charge is 0.243 e. The van der Waals surface area contributed by atoms with E-state index in [2.05, 4.69) is 21.2 Å². The second-order valence-corrected chi connectivity index (χ2v) is 5.67. The molecule has 5 heteroatoms. The fourth-order valence-corrected chi connectivity index (χ4v) is 2.76. The molecule has 1 saturated carbocycles. The van der Waals surface area contributed by atoms with Crippen LogP contribution in [-0.2, 0) is 4.79 Å². The first-order valence-electron chi connectivity index (χ1n) is 5.57. The maximum atomic E-state index is 11.6. The zero-order valence-electron chi connectivity index (χ0n) is 9.30. The molecular formula is C12H14BrClN2O. The van der Waals surface area contributed by atoms with Gasteiger partial charge in [-0.2, -0.15) is 0 Å². The van der Waals surface area contributed by atoms with Gasteiger partial charge >= 0.3 is 0 Å². The summed E-state index contributed by atoms with van der Waals surface area (Å²) in [7, 11) is 0. The Morgan fingerprint density at radius 2 is 2.06 bits per heavy atom. The third kappa shape index (κ3) is 2.58. The van der Waals surface area contributed by atoms with Crippen LogP contribution in [0.1, 0.15) is 25.7 Å². The van der Waals surface area contributed by atoms with Gasteiger partial charge in [-0.1, -0.05) is 24.4 Å². The molecule has 0 heterocycles. The van der Waals surface area contributed by atoms with Crippen LogP contribution in [0.3, 0.4) is 0 Å². The minimum Gasteiger partial charge on any atom is -0.371 e. The molecular weight excluding hydrogens is 304 g/mol. The lowest BCUT2D eigenvalue weighted by Crippen LogP contribution is -2.48. The van der Waals surface area contributed by atoms with Gasteiger partial charge in [0, 0.05) is 10.2 Å². The van der Waals surface area contributed by atoms with Crippen molar-refractivity contribution in [3.05, 3.63) is 27.7 Å². The number of hydrogen-bond acceptors (Lipinski definition) is 2. The van der Waals surface area contributed by atoms with Crippen LogP contribution < -0.4 is 11.1 Å². The summed E-state index contributed by atoms with van der Waals surface area (Å²) in [5.41, 5.74) is 5.78. The number of carbonyl (C=O) groups excluding carboxylic acids is 1. The number of nitrogens with one attached hydrogen (secondary N) is 1. The zero-order chi connectivity index (χ0) is 12.5. The maximum Gasteiger partial charge on any atom is 0.243 e. The van der Waals surface area contributed by atoms with E-state index in [0.29, 0.717) is 5.02 Å². The summed E-state index contributed by atoms with van der Waals surface area (Å²) in [6.45, 7) is 0. The van der Waals surface area contributed by atoms with Gasteiger partial charge in [0.05, 0.1) is 5.02 Å². The highest BCUT2D eigenvalue weighted by molar-refractivity contribution is 9.10. The first kappa shape index (κ1) is 12.7. The Bertz CT molecular complexity index is 444. The van der Waals surface area contributed by atoms with Crippen LogP contribution in [0.25, 0.3) is 0 Å². The molecule has 3 nitrogen and oxygen atoms in total. The number of benzene rings is 1. The maximum absolute atomic E-state index is 11.6. The molecule has 2 rings (SSSR count). The van der Waals surface area contributed by atoms with E-state index in [4.69, 9.17) is 17.3 Å². The van der Waals surface area contributed by atoms with Gasteiger partial charge in [0.15, 0.2) is 0 Å². The second kappa shape index (κ2) is 4.86. The predicted molar refractivity (Wildman–Crippen MR) is 73.2 cm³/mol. The van der Waals surface area contributed by atoms with Crippen molar-refractivity contribution in [3.8, 4) is 0 Å². The number of halogens is 2. The van der Waals surface area contributed by atoms with E-state index in [-0.39, 0.29) is 5.91 Å². The molecule has 1 aliphatic carbocycles. The fraction of sp³-hybridized carbons (Fsp3) is 0.417. The Morgan fingerprint density at radius 3 is 2.59 bits per heavy atom. The van der Waals surface area contributed by atoms with Crippen molar-refractivity contribution in [1.29, 1.82) is 0 Å². The molecule has 0 bridgehead atoms. The Hall–Kier alpha value is -0.740. The SMILES string of the molecule is NC(=O)C1(Nc2ccc(Cl)c(Br)c2)CCCC1. The summed E-state index contributed by atoms with van der Waals surface area (Å²) in [5.74, 6) is -0.277. The summed E-state index contributed by atoms with van der Waals surface area (Å²) >= 11 is 9.29. The second-order valence-electron chi connectivity index (χ2n) is 4.41. The number of primary amides is 1. The van der Waals surface area contributed by atoms with Crippen molar-refractivity contribution in [2.75, 3.05) is 5.32 Å². The summed E-state index contributed by atoms with van der Waals surface area (Å²) in [6, 6.07) is 5.51. The lowest BCUT2D eigenvalue weighted by Gasteiger charge is -2.28. The van der Waals surface area contributed by atoms with Crippen molar-refractivity contribution in [2.24, 2.45) is 5.73 Å². The highest BCUT2D eigenvalue weighted by Crippen LogP contribution is 2.34. The Labute approximate surface area is 114 Å². The lowest BCUT2D eigenvalue weighted by molar-refractivity contribution is -0.122. The summed E-state index contributed by atoms with van der Waals surface area (Å²) in [4.78, 5) is 11.6. The van der Waals surface area contributed by atoms with Gasteiger partial charge in [-0.3, -0.25) is 4.79 Å². The van der Waals surface area contributed by atoms with E-state index >= 15 is 0 Å². The normalized spacial score (nSPS) is 18.0. The third-order valence-electron chi connectivity index (χ3n) is 3.23. The monoisotopic (exact) mass is 316 g/mol. The molecule has 0 saturated heterocycles. The van der Waals surface area contributed by atoms with Gasteiger partial charge in [-0.05, 0) is 47.0 Å². The van der Waals surface area contributed by atoms with Crippen molar-refractivity contribution < 1.29 is 4.79 Å². The van der Waals surface area contributed by atoms with Crippen LogP contribution in [0.4, 0.5) is 5.69 Å². The van der Waals surface area contributed by atoms with Crippen LogP contribution >= 0.6 is 27.5 Å². The largest absolute Gasteiger partial charge is 0.371 e. The lowest BCUT2D eigenvalue weighted by atomic mass is 9.96. The minimum absolute atomic E-state index is 0.277. The number of amides is 1. The van der Waals surface area contributed by atoms with E-state index in [9.17, 15) is 4.79 Å². The van der Waals surface area contributed by atoms with Crippen molar-refractivity contribution >= 4 is 39.1 Å². The third-order valence-corrected chi connectivity index (χ3v) is 4.45. The number of nitrogens with two attached hydrogens (primary N) is 1. The molecule has 1 fully saturated rings. The summed E-state index contributed by atoms with van der Waals surface area (Å²) in [6.07, 6.45) is 3.65. The van der Waals surface area contributed by atoms with Crippen LogP contribution in [0, 0.1) is 0 Å². The van der Waals surface area contributed by atoms with Gasteiger partial charge in [-0.15, -0.1) is 0 Å². The molecule has 0 unspecified atom stereocenters. The topological polar surface area (TPSA) is 55.1 Å². The molecule has 0 spiro atoms. The quantitative estimate of drug-likeness (QED) is 0.898. The summed E-state index contributed by atoms with van der Waals surface area (Å²) in [5, 5.41) is 3.91. The Morgan fingerprint density at radius 1 is 1.41 bits per heavy atom. The molecule has 1 aromatic rings. The Kier molecular flexibility index (Phi) is 3.64. The van der Waals surface area contributed by atoms with Gasteiger partial charge in [0.1, 0.15) is 5.54 Å². The first-order chi connectivity index (χ1) is 8.03. The highest BCUT2D eigenvalue weighted by atomic mass is 79.9. The van der Waals surface area contributed by atoms with Crippen molar-refractivity contribution in [1.82, 2.24) is 0 Å². The molecule has 3 N–H and O–H groups in total. The minimum atomic E-state index is -0.590.